The number of piperidine rings is 1. The Balaban J connectivity index is 2.04. The van der Waals surface area contributed by atoms with Crippen LogP contribution in [0.4, 0.5) is 4.79 Å². The summed E-state index contributed by atoms with van der Waals surface area (Å²) in [6, 6.07) is -0.0296. The van der Waals surface area contributed by atoms with Gasteiger partial charge in [-0.3, -0.25) is 4.79 Å². The van der Waals surface area contributed by atoms with Gasteiger partial charge in [-0.05, 0) is 52.4 Å². The number of aliphatic carboxylic acids is 1. The Morgan fingerprint density at radius 1 is 1.33 bits per heavy atom. The molecule has 6 heteroatoms. The summed E-state index contributed by atoms with van der Waals surface area (Å²) < 4.78 is 5.39. The molecule has 1 atom stereocenters. The van der Waals surface area contributed by atoms with E-state index in [9.17, 15) is 14.7 Å². The van der Waals surface area contributed by atoms with Gasteiger partial charge in [0, 0.05) is 19.1 Å². The van der Waals surface area contributed by atoms with E-state index in [0.717, 1.165) is 12.8 Å². The first-order chi connectivity index (χ1) is 9.64. The minimum atomic E-state index is -0.778. The van der Waals surface area contributed by atoms with Gasteiger partial charge in [-0.1, -0.05) is 0 Å². The van der Waals surface area contributed by atoms with Crippen molar-refractivity contribution in [3.05, 3.63) is 0 Å². The highest BCUT2D eigenvalue weighted by molar-refractivity contribution is 5.77. The second kappa shape index (κ2) is 5.48. The van der Waals surface area contributed by atoms with E-state index in [-0.39, 0.29) is 18.1 Å². The molecule has 120 valence electrons. The predicted octanol–water partition coefficient (Wildman–Crippen LogP) is 1.83. The molecule has 1 saturated carbocycles. The van der Waals surface area contributed by atoms with Crippen LogP contribution in [0.2, 0.25) is 0 Å². The molecule has 1 saturated heterocycles. The van der Waals surface area contributed by atoms with Gasteiger partial charge in [0.15, 0.2) is 0 Å². The van der Waals surface area contributed by atoms with Gasteiger partial charge in [-0.2, -0.15) is 0 Å². The number of amides is 1. The molecule has 1 aliphatic carbocycles. The van der Waals surface area contributed by atoms with Gasteiger partial charge in [0.1, 0.15) is 5.60 Å². The van der Waals surface area contributed by atoms with E-state index in [0.29, 0.717) is 25.9 Å². The van der Waals surface area contributed by atoms with Crippen LogP contribution in [0.1, 0.15) is 46.5 Å². The van der Waals surface area contributed by atoms with Crippen molar-refractivity contribution in [2.45, 2.75) is 58.1 Å². The fourth-order valence-electron chi connectivity index (χ4n) is 3.48. The molecule has 3 N–H and O–H groups in total. The molecule has 0 spiro atoms. The number of hydrogen-bond donors (Lipinski definition) is 2. The molecule has 0 radical (unpaired) electrons. The van der Waals surface area contributed by atoms with Crippen molar-refractivity contribution < 1.29 is 19.4 Å². The quantitative estimate of drug-likeness (QED) is 0.811. The minimum Gasteiger partial charge on any atom is -0.481 e. The van der Waals surface area contributed by atoms with Crippen LogP contribution < -0.4 is 5.73 Å². The first kappa shape index (κ1) is 16.1. The summed E-state index contributed by atoms with van der Waals surface area (Å²) >= 11 is 0. The fourth-order valence-corrected chi connectivity index (χ4v) is 3.48. The number of hydrogen-bond acceptors (Lipinski definition) is 4. The first-order valence-electron chi connectivity index (χ1n) is 7.61. The van der Waals surface area contributed by atoms with E-state index in [1.165, 1.54) is 0 Å². The third-order valence-corrected chi connectivity index (χ3v) is 4.53. The molecule has 2 aliphatic rings. The molecule has 6 nitrogen and oxygen atoms in total. The molecule has 2 fully saturated rings. The number of nitrogens with zero attached hydrogens (tertiary/aromatic N) is 1. The molecule has 0 aromatic heterocycles. The number of carboxylic acids is 1. The van der Waals surface area contributed by atoms with Gasteiger partial charge in [0.05, 0.1) is 5.41 Å². The van der Waals surface area contributed by atoms with Crippen molar-refractivity contribution in [3.63, 3.8) is 0 Å². The maximum atomic E-state index is 12.2. The highest BCUT2D eigenvalue weighted by Gasteiger charge is 2.55. The Labute approximate surface area is 125 Å². The van der Waals surface area contributed by atoms with Crippen LogP contribution in [0.3, 0.4) is 0 Å². The van der Waals surface area contributed by atoms with Crippen LogP contribution in [0.15, 0.2) is 0 Å². The third-order valence-electron chi connectivity index (χ3n) is 4.53. The van der Waals surface area contributed by atoms with Crippen LogP contribution in [-0.4, -0.2) is 46.8 Å². The topological polar surface area (TPSA) is 92.9 Å². The lowest BCUT2D eigenvalue weighted by atomic mass is 9.57. The van der Waals surface area contributed by atoms with E-state index >= 15 is 0 Å². The normalized spacial score (nSPS) is 33.2. The minimum absolute atomic E-state index is 0.0296. The lowest BCUT2D eigenvalue weighted by molar-refractivity contribution is -0.163. The fraction of sp³-hybridized carbons (Fsp3) is 0.867. The van der Waals surface area contributed by atoms with E-state index in [4.69, 9.17) is 10.5 Å². The number of likely N-dealkylation sites (tertiary alicyclic amines) is 1. The monoisotopic (exact) mass is 298 g/mol. The highest BCUT2D eigenvalue weighted by atomic mass is 16.6. The average Bonchev–Trinajstić information content (AvgIpc) is 2.32. The molecule has 0 aromatic rings. The van der Waals surface area contributed by atoms with Crippen molar-refractivity contribution in [2.24, 2.45) is 17.1 Å². The summed E-state index contributed by atoms with van der Waals surface area (Å²) in [5.74, 6) is -0.809. The van der Waals surface area contributed by atoms with Gasteiger partial charge in [0.25, 0.3) is 0 Å². The molecule has 1 aliphatic heterocycles. The van der Waals surface area contributed by atoms with Crippen molar-refractivity contribution >= 4 is 12.1 Å². The number of nitrogens with two attached hydrogens (primary N) is 1. The van der Waals surface area contributed by atoms with Gasteiger partial charge >= 0.3 is 12.1 Å². The van der Waals surface area contributed by atoms with Gasteiger partial charge in [0.2, 0.25) is 0 Å². The Morgan fingerprint density at radius 3 is 2.43 bits per heavy atom. The molecule has 1 unspecified atom stereocenters. The smallest absolute Gasteiger partial charge is 0.410 e. The summed E-state index contributed by atoms with van der Waals surface area (Å²) in [7, 11) is 0. The zero-order valence-electron chi connectivity index (χ0n) is 13.1. The number of ether oxygens (including phenoxy) is 1. The van der Waals surface area contributed by atoms with E-state index in [1.54, 1.807) is 4.90 Å². The van der Waals surface area contributed by atoms with Gasteiger partial charge < -0.3 is 20.5 Å². The summed E-state index contributed by atoms with van der Waals surface area (Å²) in [5, 5.41) is 9.57. The summed E-state index contributed by atoms with van der Waals surface area (Å²) in [6.45, 7) is 6.57. The van der Waals surface area contributed by atoms with Crippen molar-refractivity contribution in [1.29, 1.82) is 0 Å². The van der Waals surface area contributed by atoms with Crippen LogP contribution in [0.5, 0.6) is 0 Å². The number of rotatable bonds is 2. The van der Waals surface area contributed by atoms with Gasteiger partial charge in [-0.15, -0.1) is 0 Å². The molecule has 2 rings (SSSR count). The summed E-state index contributed by atoms with van der Waals surface area (Å²) in [6.07, 6.45) is 2.31. The second-order valence-corrected chi connectivity index (χ2v) is 7.40. The van der Waals surface area contributed by atoms with E-state index in [2.05, 4.69) is 0 Å². The predicted molar refractivity (Wildman–Crippen MR) is 77.8 cm³/mol. The van der Waals surface area contributed by atoms with Crippen molar-refractivity contribution in [1.82, 2.24) is 4.90 Å². The SMILES string of the molecule is CC(C)(C)OC(=O)N1CCCC(C2(C(=O)O)CC(N)C2)C1. The Hall–Kier alpha value is -1.30. The summed E-state index contributed by atoms with van der Waals surface area (Å²) in [4.78, 5) is 25.5. The maximum absolute atomic E-state index is 12.2. The zero-order chi connectivity index (χ0) is 15.8. The van der Waals surface area contributed by atoms with Crippen LogP contribution >= 0.6 is 0 Å². The molecule has 0 aromatic carbocycles. The van der Waals surface area contributed by atoms with Crippen LogP contribution in [0, 0.1) is 11.3 Å². The third kappa shape index (κ3) is 3.31. The lowest BCUT2D eigenvalue weighted by Crippen LogP contribution is -2.59. The van der Waals surface area contributed by atoms with Crippen molar-refractivity contribution in [2.75, 3.05) is 13.1 Å². The van der Waals surface area contributed by atoms with Crippen molar-refractivity contribution in [3.8, 4) is 0 Å². The standard InChI is InChI=1S/C15H26N2O4/c1-14(2,3)21-13(20)17-6-4-5-10(9-17)15(12(18)19)7-11(16)8-15/h10-11H,4-9,16H2,1-3H3,(H,18,19). The first-order valence-corrected chi connectivity index (χ1v) is 7.61. The lowest BCUT2D eigenvalue weighted by Gasteiger charge is -2.50. The largest absolute Gasteiger partial charge is 0.481 e. The number of carboxylic acid groups (broad SMARTS) is 1. The number of carbonyl (C=O) groups is 2. The number of carbonyl (C=O) groups excluding carboxylic acids is 1. The zero-order valence-corrected chi connectivity index (χ0v) is 13.1. The highest BCUT2D eigenvalue weighted by Crippen LogP contribution is 2.49. The average molecular weight is 298 g/mol. The van der Waals surface area contributed by atoms with Crippen LogP contribution in [-0.2, 0) is 9.53 Å². The molecule has 0 bridgehead atoms. The van der Waals surface area contributed by atoms with E-state index < -0.39 is 17.0 Å². The second-order valence-electron chi connectivity index (χ2n) is 7.40. The molecule has 21 heavy (non-hydrogen) atoms. The summed E-state index contributed by atoms with van der Waals surface area (Å²) in [5.41, 5.74) is 4.52. The molecular formula is C15H26N2O4. The molecule has 1 amide bonds. The molecule has 1 heterocycles. The van der Waals surface area contributed by atoms with Gasteiger partial charge in [-0.25, -0.2) is 4.79 Å². The van der Waals surface area contributed by atoms with Crippen LogP contribution in [0.25, 0.3) is 0 Å². The van der Waals surface area contributed by atoms with E-state index in [1.807, 2.05) is 20.8 Å². The Bertz CT molecular complexity index is 424. The molecular weight excluding hydrogens is 272 g/mol. The Kier molecular flexibility index (Phi) is 4.19. The maximum Gasteiger partial charge on any atom is 0.410 e. The Morgan fingerprint density at radius 2 is 1.95 bits per heavy atom.